The van der Waals surface area contributed by atoms with Crippen molar-refractivity contribution in [3.8, 4) is 5.75 Å². The Morgan fingerprint density at radius 1 is 0.972 bits per heavy atom. The van der Waals surface area contributed by atoms with Gasteiger partial charge in [0.25, 0.3) is 23.6 Å². The van der Waals surface area contributed by atoms with E-state index in [1.54, 1.807) is 35.2 Å². The summed E-state index contributed by atoms with van der Waals surface area (Å²) in [6.45, 7) is 6.42. The molecule has 9 heteroatoms. The summed E-state index contributed by atoms with van der Waals surface area (Å²) in [6.07, 6.45) is 1.15. The molecule has 2 aromatic carbocycles. The lowest BCUT2D eigenvalue weighted by atomic mass is 10.0. The van der Waals surface area contributed by atoms with Crippen LogP contribution in [-0.2, 0) is 4.79 Å². The predicted octanol–water partition coefficient (Wildman–Crippen LogP) is 2.90. The first-order chi connectivity index (χ1) is 17.1. The summed E-state index contributed by atoms with van der Waals surface area (Å²) in [7, 11) is 0. The molecule has 2 aliphatic rings. The molecule has 0 atom stereocenters. The maximum atomic E-state index is 12.9. The summed E-state index contributed by atoms with van der Waals surface area (Å²) >= 11 is 0. The summed E-state index contributed by atoms with van der Waals surface area (Å²) in [4.78, 5) is 65.1. The van der Waals surface area contributed by atoms with Gasteiger partial charge in [-0.05, 0) is 55.2 Å². The summed E-state index contributed by atoms with van der Waals surface area (Å²) in [5, 5.41) is 2.98. The topological polar surface area (TPSA) is 113 Å². The first kappa shape index (κ1) is 25.1. The van der Waals surface area contributed by atoms with E-state index in [0.717, 1.165) is 0 Å². The molecule has 1 saturated heterocycles. The second kappa shape index (κ2) is 10.3. The first-order valence-corrected chi connectivity index (χ1v) is 12.0. The molecule has 4 rings (SSSR count). The minimum atomic E-state index is -0.455. The number of piperidine rings is 1. The maximum Gasteiger partial charge on any atom is 0.308 e. The Kier molecular flexibility index (Phi) is 7.19. The predicted molar refractivity (Wildman–Crippen MR) is 131 cm³/mol. The second-order valence-electron chi connectivity index (χ2n) is 9.54. The smallest absolute Gasteiger partial charge is 0.308 e. The molecule has 36 heavy (non-hydrogen) atoms. The van der Waals surface area contributed by atoms with E-state index in [9.17, 15) is 24.0 Å². The van der Waals surface area contributed by atoms with Crippen LogP contribution in [0.15, 0.2) is 42.5 Å². The lowest BCUT2D eigenvalue weighted by Gasteiger charge is -2.32. The van der Waals surface area contributed by atoms with E-state index in [4.69, 9.17) is 4.74 Å². The van der Waals surface area contributed by atoms with Crippen LogP contribution in [0.5, 0.6) is 5.75 Å². The standard InChI is InChI=1S/C27H29N3O6/c1-16(2)15-30-26(34)22-8-7-18(14-23(22)27(30)35)24(32)28-20-9-11-29(12-10-20)25(33)19-5-4-6-21(13-19)36-17(3)31/h4-8,13-14,16,20H,9-12,15H2,1-3H3,(H,28,32). The molecule has 2 aliphatic heterocycles. The van der Waals surface area contributed by atoms with Gasteiger partial charge in [-0.15, -0.1) is 0 Å². The number of nitrogens with one attached hydrogen (secondary N) is 1. The zero-order valence-electron chi connectivity index (χ0n) is 20.6. The zero-order chi connectivity index (χ0) is 26.0. The van der Waals surface area contributed by atoms with Crippen molar-refractivity contribution in [1.29, 1.82) is 0 Å². The van der Waals surface area contributed by atoms with Crippen molar-refractivity contribution in [3.05, 3.63) is 64.7 Å². The van der Waals surface area contributed by atoms with E-state index < -0.39 is 5.97 Å². The molecule has 0 aromatic heterocycles. The molecule has 188 valence electrons. The van der Waals surface area contributed by atoms with Gasteiger partial charge in [0, 0.05) is 43.7 Å². The number of rotatable bonds is 6. The van der Waals surface area contributed by atoms with Crippen LogP contribution < -0.4 is 10.1 Å². The van der Waals surface area contributed by atoms with Crippen molar-refractivity contribution in [2.45, 2.75) is 39.7 Å². The van der Waals surface area contributed by atoms with Gasteiger partial charge in [-0.3, -0.25) is 28.9 Å². The molecule has 1 N–H and O–H groups in total. The Bertz CT molecular complexity index is 1230. The van der Waals surface area contributed by atoms with Gasteiger partial charge in [0.1, 0.15) is 5.75 Å². The van der Waals surface area contributed by atoms with Crippen molar-refractivity contribution in [2.24, 2.45) is 5.92 Å². The number of esters is 1. The first-order valence-electron chi connectivity index (χ1n) is 12.0. The zero-order valence-corrected chi connectivity index (χ0v) is 20.6. The Morgan fingerprint density at radius 3 is 2.33 bits per heavy atom. The normalized spacial score (nSPS) is 15.8. The highest BCUT2D eigenvalue weighted by molar-refractivity contribution is 6.22. The molecule has 0 saturated carbocycles. The molecule has 0 spiro atoms. The van der Waals surface area contributed by atoms with Gasteiger partial charge in [-0.1, -0.05) is 19.9 Å². The molecule has 0 unspecified atom stereocenters. The van der Waals surface area contributed by atoms with Crippen LogP contribution in [0.3, 0.4) is 0 Å². The van der Waals surface area contributed by atoms with Gasteiger partial charge in [0.15, 0.2) is 0 Å². The van der Waals surface area contributed by atoms with Gasteiger partial charge in [-0.2, -0.15) is 0 Å². The van der Waals surface area contributed by atoms with E-state index in [1.807, 2.05) is 13.8 Å². The van der Waals surface area contributed by atoms with Crippen LogP contribution >= 0.6 is 0 Å². The number of hydrogen-bond donors (Lipinski definition) is 1. The average Bonchev–Trinajstić information content (AvgIpc) is 3.07. The van der Waals surface area contributed by atoms with Crippen LogP contribution in [0.1, 0.15) is 75.0 Å². The van der Waals surface area contributed by atoms with Crippen LogP contribution in [0.4, 0.5) is 0 Å². The molecule has 9 nitrogen and oxygen atoms in total. The highest BCUT2D eigenvalue weighted by Crippen LogP contribution is 2.25. The van der Waals surface area contributed by atoms with Crippen LogP contribution in [0.25, 0.3) is 0 Å². The largest absolute Gasteiger partial charge is 0.427 e. The second-order valence-corrected chi connectivity index (χ2v) is 9.54. The SMILES string of the molecule is CC(=O)Oc1cccc(C(=O)N2CCC(NC(=O)c3ccc4c(c3)C(=O)N(CC(C)C)C4=O)CC2)c1. The molecular weight excluding hydrogens is 462 g/mol. The number of nitrogens with zero attached hydrogens (tertiary/aromatic N) is 2. The molecule has 2 aromatic rings. The van der Waals surface area contributed by atoms with Crippen LogP contribution in [-0.4, -0.2) is 65.1 Å². The van der Waals surface area contributed by atoms with Gasteiger partial charge in [0.05, 0.1) is 11.1 Å². The monoisotopic (exact) mass is 491 g/mol. The van der Waals surface area contributed by atoms with Gasteiger partial charge in [-0.25, -0.2) is 0 Å². The number of fused-ring (bicyclic) bond motifs is 1. The number of benzene rings is 2. The van der Waals surface area contributed by atoms with E-state index in [1.165, 1.54) is 24.0 Å². The molecular formula is C27H29N3O6. The Hall–Kier alpha value is -4.01. The van der Waals surface area contributed by atoms with Gasteiger partial charge < -0.3 is 15.0 Å². The summed E-state index contributed by atoms with van der Waals surface area (Å²) < 4.78 is 5.06. The molecule has 0 radical (unpaired) electrons. The van der Waals surface area contributed by atoms with Crippen LogP contribution in [0, 0.1) is 5.92 Å². The number of imide groups is 1. The van der Waals surface area contributed by atoms with Crippen LogP contribution in [0.2, 0.25) is 0 Å². The fourth-order valence-electron chi connectivity index (χ4n) is 4.50. The Balaban J connectivity index is 1.35. The molecule has 4 amide bonds. The quantitative estimate of drug-likeness (QED) is 0.378. The fraction of sp³-hybridized carbons (Fsp3) is 0.370. The third-order valence-corrected chi connectivity index (χ3v) is 6.24. The number of ether oxygens (including phenoxy) is 1. The number of hydrogen-bond acceptors (Lipinski definition) is 6. The van der Waals surface area contributed by atoms with Crippen molar-refractivity contribution < 1.29 is 28.7 Å². The number of carbonyl (C=O) groups excluding carboxylic acids is 5. The Morgan fingerprint density at radius 2 is 1.67 bits per heavy atom. The van der Waals surface area contributed by atoms with E-state index in [0.29, 0.717) is 54.9 Å². The average molecular weight is 492 g/mol. The number of carbonyl (C=O) groups is 5. The Labute approximate surface area is 209 Å². The molecule has 0 bridgehead atoms. The third kappa shape index (κ3) is 5.30. The van der Waals surface area contributed by atoms with Gasteiger partial charge in [0.2, 0.25) is 0 Å². The highest BCUT2D eigenvalue weighted by atomic mass is 16.5. The molecule has 0 aliphatic carbocycles. The van der Waals surface area contributed by atoms with Crippen molar-refractivity contribution >= 4 is 29.6 Å². The van der Waals surface area contributed by atoms with E-state index >= 15 is 0 Å². The summed E-state index contributed by atoms with van der Waals surface area (Å²) in [5.74, 6) is -1.18. The minimum Gasteiger partial charge on any atom is -0.427 e. The highest BCUT2D eigenvalue weighted by Gasteiger charge is 2.36. The fourth-order valence-corrected chi connectivity index (χ4v) is 4.50. The maximum absolute atomic E-state index is 12.9. The third-order valence-electron chi connectivity index (χ3n) is 6.24. The van der Waals surface area contributed by atoms with Crippen molar-refractivity contribution in [1.82, 2.24) is 15.1 Å². The summed E-state index contributed by atoms with van der Waals surface area (Å²) in [5.41, 5.74) is 1.33. The summed E-state index contributed by atoms with van der Waals surface area (Å²) in [6, 6.07) is 10.9. The number of likely N-dealkylation sites (tertiary alicyclic amines) is 1. The molecule has 1 fully saturated rings. The van der Waals surface area contributed by atoms with Crippen molar-refractivity contribution in [2.75, 3.05) is 19.6 Å². The van der Waals surface area contributed by atoms with E-state index in [-0.39, 0.29) is 41.2 Å². The van der Waals surface area contributed by atoms with Gasteiger partial charge >= 0.3 is 5.97 Å². The van der Waals surface area contributed by atoms with Crippen molar-refractivity contribution in [3.63, 3.8) is 0 Å². The minimum absolute atomic E-state index is 0.128. The lowest BCUT2D eigenvalue weighted by Crippen LogP contribution is -2.46. The van der Waals surface area contributed by atoms with E-state index in [2.05, 4.69) is 5.32 Å². The lowest BCUT2D eigenvalue weighted by molar-refractivity contribution is -0.131. The number of amides is 4. The molecule has 2 heterocycles.